The summed E-state index contributed by atoms with van der Waals surface area (Å²) in [5.41, 5.74) is 18.7. The van der Waals surface area contributed by atoms with Gasteiger partial charge in [-0.1, -0.05) is 13.8 Å². The fraction of sp³-hybridized carbons (Fsp3) is 1.00. The van der Waals surface area contributed by atoms with Crippen molar-refractivity contribution in [2.75, 3.05) is 0 Å². The Balaban J connectivity index is 1.44. The lowest BCUT2D eigenvalue weighted by molar-refractivity contribution is 0.143. The Hall–Kier alpha value is -0.160. The van der Waals surface area contributed by atoms with Crippen molar-refractivity contribution in [1.29, 1.82) is 0 Å². The predicted molar refractivity (Wildman–Crippen MR) is 106 cm³/mol. The van der Waals surface area contributed by atoms with Crippen LogP contribution in [-0.2, 0) is 0 Å². The maximum absolute atomic E-state index is 6.35. The van der Waals surface area contributed by atoms with Crippen LogP contribution in [0, 0.1) is 23.7 Å². The molecule has 0 aromatic rings. The fourth-order valence-electron chi connectivity index (χ4n) is 5.88. The summed E-state index contributed by atoms with van der Waals surface area (Å²) in [6.07, 6.45) is 12.7. The van der Waals surface area contributed by atoms with E-state index in [1.807, 2.05) is 0 Å². The van der Waals surface area contributed by atoms with E-state index in [0.717, 1.165) is 37.0 Å². The number of rotatable bonds is 4. The highest BCUT2D eigenvalue weighted by Gasteiger charge is 2.34. The molecule has 3 saturated carbocycles. The Kier molecular flexibility index (Phi) is 6.81. The van der Waals surface area contributed by atoms with E-state index in [1.54, 1.807) is 0 Å². The molecule has 0 aromatic heterocycles. The molecule has 4 heteroatoms. The standard InChI is InChI=1S/C21H42N4/c1-13-9-15(3-6-18(13)23)11-16-4-8-20(14(2)10-16)25-21-12-17(22)5-7-19(21)24/h13-21,25H,3-12,22-24H2,1-2H3. The van der Waals surface area contributed by atoms with Crippen molar-refractivity contribution in [2.45, 2.75) is 108 Å². The minimum Gasteiger partial charge on any atom is -0.328 e. The van der Waals surface area contributed by atoms with Crippen molar-refractivity contribution in [3.05, 3.63) is 0 Å². The van der Waals surface area contributed by atoms with Gasteiger partial charge in [-0.15, -0.1) is 0 Å². The first kappa shape index (κ1) is 19.6. The summed E-state index contributed by atoms with van der Waals surface area (Å²) in [5, 5.41) is 3.90. The smallest absolute Gasteiger partial charge is 0.0236 e. The summed E-state index contributed by atoms with van der Waals surface area (Å²) in [7, 11) is 0. The van der Waals surface area contributed by atoms with Crippen molar-refractivity contribution < 1.29 is 0 Å². The normalized spacial score (nSPS) is 49.1. The molecule has 0 spiro atoms. The predicted octanol–water partition coefficient (Wildman–Crippen LogP) is 2.74. The van der Waals surface area contributed by atoms with Gasteiger partial charge in [0.25, 0.3) is 0 Å². The van der Waals surface area contributed by atoms with E-state index in [-0.39, 0.29) is 6.04 Å². The second-order valence-electron chi connectivity index (χ2n) is 9.83. The molecule has 3 aliphatic carbocycles. The summed E-state index contributed by atoms with van der Waals surface area (Å²) >= 11 is 0. The molecule has 0 heterocycles. The van der Waals surface area contributed by atoms with Crippen molar-refractivity contribution in [3.63, 3.8) is 0 Å². The van der Waals surface area contributed by atoms with Crippen LogP contribution < -0.4 is 22.5 Å². The Morgan fingerprint density at radius 3 is 2.00 bits per heavy atom. The summed E-state index contributed by atoms with van der Waals surface area (Å²) in [6.45, 7) is 4.79. The Bertz CT molecular complexity index is 415. The second-order valence-corrected chi connectivity index (χ2v) is 9.83. The summed E-state index contributed by atoms with van der Waals surface area (Å²) in [5.74, 6) is 3.31. The zero-order valence-corrected chi connectivity index (χ0v) is 16.5. The number of nitrogens with one attached hydrogen (secondary N) is 1. The van der Waals surface area contributed by atoms with Crippen LogP contribution in [0.25, 0.3) is 0 Å². The Morgan fingerprint density at radius 2 is 1.32 bits per heavy atom. The first-order valence-corrected chi connectivity index (χ1v) is 10.9. The Morgan fingerprint density at radius 1 is 0.680 bits per heavy atom. The average molecular weight is 351 g/mol. The minimum absolute atomic E-state index is 0.289. The van der Waals surface area contributed by atoms with Crippen molar-refractivity contribution in [2.24, 2.45) is 40.9 Å². The second kappa shape index (κ2) is 8.69. The van der Waals surface area contributed by atoms with Crippen molar-refractivity contribution >= 4 is 0 Å². The maximum atomic E-state index is 6.35. The molecule has 146 valence electrons. The van der Waals surface area contributed by atoms with Gasteiger partial charge in [0, 0.05) is 30.2 Å². The van der Waals surface area contributed by atoms with Crippen LogP contribution in [0.15, 0.2) is 0 Å². The third-order valence-electron chi connectivity index (χ3n) is 7.66. The lowest BCUT2D eigenvalue weighted by atomic mass is 9.70. The van der Waals surface area contributed by atoms with Gasteiger partial charge in [-0.25, -0.2) is 0 Å². The monoisotopic (exact) mass is 350 g/mol. The molecule has 25 heavy (non-hydrogen) atoms. The van der Waals surface area contributed by atoms with Gasteiger partial charge < -0.3 is 22.5 Å². The van der Waals surface area contributed by atoms with Crippen LogP contribution in [0.5, 0.6) is 0 Å². The lowest BCUT2D eigenvalue weighted by Gasteiger charge is -2.42. The van der Waals surface area contributed by atoms with Gasteiger partial charge in [0.1, 0.15) is 0 Å². The van der Waals surface area contributed by atoms with Gasteiger partial charge in [0.2, 0.25) is 0 Å². The van der Waals surface area contributed by atoms with E-state index in [0.29, 0.717) is 30.1 Å². The summed E-state index contributed by atoms with van der Waals surface area (Å²) in [4.78, 5) is 0. The SMILES string of the molecule is CC1CC(CC2CCC(NC3CC(N)CCC3N)C(C)C2)CCC1N. The largest absolute Gasteiger partial charge is 0.328 e. The first-order valence-electron chi connectivity index (χ1n) is 10.9. The first-order chi connectivity index (χ1) is 11.9. The molecule has 0 aromatic carbocycles. The molecule has 0 radical (unpaired) electrons. The van der Waals surface area contributed by atoms with Gasteiger partial charge in [0.05, 0.1) is 0 Å². The molecule has 0 amide bonds. The Labute approximate surface area is 155 Å². The number of hydrogen-bond donors (Lipinski definition) is 4. The molecule has 9 atom stereocenters. The number of nitrogens with two attached hydrogens (primary N) is 3. The third-order valence-corrected chi connectivity index (χ3v) is 7.66. The van der Waals surface area contributed by atoms with E-state index in [4.69, 9.17) is 17.2 Å². The summed E-state index contributed by atoms with van der Waals surface area (Å²) < 4.78 is 0. The number of hydrogen-bond acceptors (Lipinski definition) is 4. The molecule has 7 N–H and O–H groups in total. The molecule has 4 nitrogen and oxygen atoms in total. The van der Waals surface area contributed by atoms with Crippen LogP contribution in [0.3, 0.4) is 0 Å². The van der Waals surface area contributed by atoms with Gasteiger partial charge in [-0.05, 0) is 87.9 Å². The van der Waals surface area contributed by atoms with Crippen LogP contribution in [-0.4, -0.2) is 30.2 Å². The van der Waals surface area contributed by atoms with E-state index in [9.17, 15) is 0 Å². The fourth-order valence-corrected chi connectivity index (χ4v) is 5.88. The highest BCUT2D eigenvalue weighted by Crippen LogP contribution is 2.38. The summed E-state index contributed by atoms with van der Waals surface area (Å²) in [6, 6.07) is 2.13. The van der Waals surface area contributed by atoms with Gasteiger partial charge in [0.15, 0.2) is 0 Å². The molecule has 3 aliphatic rings. The molecular weight excluding hydrogens is 308 g/mol. The molecule has 0 saturated heterocycles. The van der Waals surface area contributed by atoms with E-state index in [1.165, 1.54) is 44.9 Å². The quantitative estimate of drug-likeness (QED) is 0.627. The molecule has 3 rings (SSSR count). The van der Waals surface area contributed by atoms with Gasteiger partial charge in [-0.3, -0.25) is 0 Å². The highest BCUT2D eigenvalue weighted by molar-refractivity contribution is 4.94. The van der Waals surface area contributed by atoms with Crippen LogP contribution in [0.4, 0.5) is 0 Å². The highest BCUT2D eigenvalue weighted by atomic mass is 15.0. The van der Waals surface area contributed by atoms with Crippen LogP contribution in [0.1, 0.15) is 78.1 Å². The van der Waals surface area contributed by atoms with Crippen LogP contribution in [0.2, 0.25) is 0 Å². The van der Waals surface area contributed by atoms with Gasteiger partial charge >= 0.3 is 0 Å². The molecule has 0 aliphatic heterocycles. The van der Waals surface area contributed by atoms with Crippen LogP contribution >= 0.6 is 0 Å². The topological polar surface area (TPSA) is 90.1 Å². The van der Waals surface area contributed by atoms with Gasteiger partial charge in [-0.2, -0.15) is 0 Å². The zero-order valence-electron chi connectivity index (χ0n) is 16.5. The van der Waals surface area contributed by atoms with Crippen molar-refractivity contribution in [1.82, 2.24) is 5.32 Å². The van der Waals surface area contributed by atoms with Crippen molar-refractivity contribution in [3.8, 4) is 0 Å². The molecule has 3 fully saturated rings. The average Bonchev–Trinajstić information content (AvgIpc) is 2.57. The zero-order chi connectivity index (χ0) is 18.0. The maximum Gasteiger partial charge on any atom is 0.0236 e. The van der Waals surface area contributed by atoms with E-state index < -0.39 is 0 Å². The van der Waals surface area contributed by atoms with E-state index in [2.05, 4.69) is 19.2 Å². The molecular formula is C21H42N4. The lowest BCUT2D eigenvalue weighted by Crippen LogP contribution is -2.56. The molecule has 0 bridgehead atoms. The third kappa shape index (κ3) is 5.18. The molecule has 9 unspecified atom stereocenters. The minimum atomic E-state index is 0.289. The van der Waals surface area contributed by atoms with E-state index >= 15 is 0 Å².